The van der Waals surface area contributed by atoms with Crippen LogP contribution in [0.2, 0.25) is 0 Å². The van der Waals surface area contributed by atoms with Crippen LogP contribution in [-0.4, -0.2) is 34.9 Å². The highest BCUT2D eigenvalue weighted by Gasteiger charge is 2.17. The highest BCUT2D eigenvalue weighted by atomic mass is 16.3. The van der Waals surface area contributed by atoms with Crippen molar-refractivity contribution in [1.82, 2.24) is 5.32 Å². The Morgan fingerprint density at radius 3 is 1.81 bits per heavy atom. The van der Waals surface area contributed by atoms with E-state index in [9.17, 15) is 15.0 Å². The van der Waals surface area contributed by atoms with E-state index in [0.29, 0.717) is 6.42 Å². The van der Waals surface area contributed by atoms with E-state index in [4.69, 9.17) is 0 Å². The summed E-state index contributed by atoms with van der Waals surface area (Å²) in [4.78, 5) is 12.2. The lowest BCUT2D eigenvalue weighted by Gasteiger charge is -2.19. The summed E-state index contributed by atoms with van der Waals surface area (Å²) in [5.41, 5.74) is 0. The zero-order valence-corrected chi connectivity index (χ0v) is 24.2. The fourth-order valence-electron chi connectivity index (χ4n) is 4.09. The Labute approximate surface area is 229 Å². The number of amides is 1. The number of aliphatic hydroxyl groups excluding tert-OH is 2. The minimum atomic E-state index is -0.864. The highest BCUT2D eigenvalue weighted by molar-refractivity contribution is 5.76. The van der Waals surface area contributed by atoms with Gasteiger partial charge in [0, 0.05) is 6.42 Å². The average Bonchev–Trinajstić information content (AvgIpc) is 2.90. The second kappa shape index (κ2) is 28.9. The quantitative estimate of drug-likeness (QED) is 0.0795. The number of allylic oxidation sites excluding steroid dienone is 7. The van der Waals surface area contributed by atoms with E-state index in [0.717, 1.165) is 51.4 Å². The third kappa shape index (κ3) is 25.8. The van der Waals surface area contributed by atoms with E-state index in [1.54, 1.807) is 6.08 Å². The molecular formula is C33H59NO3. The zero-order valence-electron chi connectivity index (χ0n) is 24.2. The van der Waals surface area contributed by atoms with Crippen LogP contribution in [0.1, 0.15) is 136 Å². The Morgan fingerprint density at radius 1 is 0.649 bits per heavy atom. The Kier molecular flexibility index (Phi) is 27.6. The molecule has 0 bridgehead atoms. The van der Waals surface area contributed by atoms with Crippen molar-refractivity contribution >= 4 is 5.91 Å². The molecule has 0 radical (unpaired) electrons. The number of carbonyl (C=O) groups excluding carboxylic acids is 1. The van der Waals surface area contributed by atoms with Crippen LogP contribution in [-0.2, 0) is 4.79 Å². The third-order valence-electron chi connectivity index (χ3n) is 6.53. The lowest BCUT2D eigenvalue weighted by Crippen LogP contribution is -2.45. The first kappa shape index (κ1) is 35.4. The molecule has 0 spiro atoms. The molecular weight excluding hydrogens is 458 g/mol. The molecule has 1 amide bonds. The van der Waals surface area contributed by atoms with Crippen molar-refractivity contribution < 1.29 is 15.0 Å². The molecule has 4 heteroatoms. The lowest BCUT2D eigenvalue weighted by atomic mass is 10.1. The van der Waals surface area contributed by atoms with Gasteiger partial charge >= 0.3 is 0 Å². The van der Waals surface area contributed by atoms with E-state index < -0.39 is 12.1 Å². The number of nitrogens with one attached hydrogen (secondary N) is 1. The fraction of sp³-hybridized carbons (Fsp3) is 0.727. The van der Waals surface area contributed by atoms with E-state index in [1.165, 1.54) is 64.2 Å². The topological polar surface area (TPSA) is 69.6 Å². The number of hydrogen-bond donors (Lipinski definition) is 3. The number of rotatable bonds is 26. The summed E-state index contributed by atoms with van der Waals surface area (Å²) in [5, 5.41) is 22.7. The van der Waals surface area contributed by atoms with Gasteiger partial charge in [0.1, 0.15) is 0 Å². The SMILES string of the molecule is CCCC/C=C\C/C=C\CCCCCCCC(=O)NC(CO)C(O)/C=C/CC/C=C/CCCCCCC. The van der Waals surface area contributed by atoms with E-state index in [-0.39, 0.29) is 12.5 Å². The Balaban J connectivity index is 3.78. The van der Waals surface area contributed by atoms with Crippen LogP contribution in [0.3, 0.4) is 0 Å². The van der Waals surface area contributed by atoms with Crippen molar-refractivity contribution in [3.8, 4) is 0 Å². The van der Waals surface area contributed by atoms with Gasteiger partial charge in [-0.3, -0.25) is 4.79 Å². The second-order valence-electron chi connectivity index (χ2n) is 10.2. The normalized spacial score (nSPS) is 13.9. The van der Waals surface area contributed by atoms with Gasteiger partial charge < -0.3 is 15.5 Å². The van der Waals surface area contributed by atoms with Gasteiger partial charge in [-0.2, -0.15) is 0 Å². The molecule has 37 heavy (non-hydrogen) atoms. The van der Waals surface area contributed by atoms with Gasteiger partial charge in [-0.05, 0) is 57.8 Å². The van der Waals surface area contributed by atoms with Crippen LogP contribution >= 0.6 is 0 Å². The first-order chi connectivity index (χ1) is 18.2. The predicted molar refractivity (Wildman–Crippen MR) is 161 cm³/mol. The molecule has 214 valence electrons. The highest BCUT2D eigenvalue weighted by Crippen LogP contribution is 2.09. The minimum Gasteiger partial charge on any atom is -0.394 e. The van der Waals surface area contributed by atoms with E-state index in [1.807, 2.05) is 6.08 Å². The molecule has 0 aliphatic heterocycles. The van der Waals surface area contributed by atoms with Crippen molar-refractivity contribution in [2.24, 2.45) is 0 Å². The molecule has 0 heterocycles. The van der Waals surface area contributed by atoms with Crippen LogP contribution in [0.15, 0.2) is 48.6 Å². The molecule has 0 aliphatic carbocycles. The molecule has 0 aromatic carbocycles. The van der Waals surface area contributed by atoms with Crippen LogP contribution in [0.4, 0.5) is 0 Å². The first-order valence-electron chi connectivity index (χ1n) is 15.4. The molecule has 3 N–H and O–H groups in total. The summed E-state index contributed by atoms with van der Waals surface area (Å²) in [7, 11) is 0. The van der Waals surface area contributed by atoms with Gasteiger partial charge in [0.05, 0.1) is 18.8 Å². The van der Waals surface area contributed by atoms with Crippen LogP contribution in [0.5, 0.6) is 0 Å². The molecule has 2 unspecified atom stereocenters. The molecule has 0 aromatic heterocycles. The summed E-state index contributed by atoms with van der Waals surface area (Å²) >= 11 is 0. The molecule has 0 rings (SSSR count). The van der Waals surface area contributed by atoms with Gasteiger partial charge in [0.15, 0.2) is 0 Å². The predicted octanol–water partition coefficient (Wildman–Crippen LogP) is 8.50. The lowest BCUT2D eigenvalue weighted by molar-refractivity contribution is -0.123. The van der Waals surface area contributed by atoms with Gasteiger partial charge in [-0.25, -0.2) is 0 Å². The van der Waals surface area contributed by atoms with Crippen molar-refractivity contribution in [2.75, 3.05) is 6.61 Å². The monoisotopic (exact) mass is 517 g/mol. The van der Waals surface area contributed by atoms with Crippen molar-refractivity contribution in [3.63, 3.8) is 0 Å². The molecule has 0 saturated carbocycles. The number of aliphatic hydroxyl groups is 2. The fourth-order valence-corrected chi connectivity index (χ4v) is 4.09. The van der Waals surface area contributed by atoms with Crippen LogP contribution < -0.4 is 5.32 Å². The molecule has 4 nitrogen and oxygen atoms in total. The number of hydrogen-bond acceptors (Lipinski definition) is 3. The summed E-state index contributed by atoms with van der Waals surface area (Å²) in [6.45, 7) is 4.19. The largest absolute Gasteiger partial charge is 0.394 e. The summed E-state index contributed by atoms with van der Waals surface area (Å²) in [5.74, 6) is -0.0942. The Bertz CT molecular complexity index is 609. The van der Waals surface area contributed by atoms with Gasteiger partial charge in [0.2, 0.25) is 5.91 Å². The van der Waals surface area contributed by atoms with Crippen molar-refractivity contribution in [2.45, 2.75) is 148 Å². The van der Waals surface area contributed by atoms with Gasteiger partial charge in [-0.15, -0.1) is 0 Å². The number of carbonyl (C=O) groups is 1. The standard InChI is InChI=1S/C33H59NO3/c1-3-5-7-9-11-13-15-16-17-19-21-23-25-27-29-33(37)34-31(30-35)32(36)28-26-24-22-20-18-14-12-10-8-6-4-2/h9,11,15-16,18,20,26,28,31-32,35-36H,3-8,10,12-14,17,19,21-25,27,29-30H2,1-2H3,(H,34,37)/b11-9-,16-15-,20-18+,28-26+. The molecule has 0 aromatic rings. The zero-order chi connectivity index (χ0) is 27.2. The maximum absolute atomic E-state index is 12.2. The van der Waals surface area contributed by atoms with Gasteiger partial charge in [-0.1, -0.05) is 120 Å². The summed E-state index contributed by atoms with van der Waals surface area (Å²) in [6, 6.07) is -0.643. The van der Waals surface area contributed by atoms with Gasteiger partial charge in [0.25, 0.3) is 0 Å². The maximum atomic E-state index is 12.2. The molecule has 2 atom stereocenters. The molecule has 0 saturated heterocycles. The maximum Gasteiger partial charge on any atom is 0.220 e. The van der Waals surface area contributed by atoms with Crippen molar-refractivity contribution in [3.05, 3.63) is 48.6 Å². The molecule has 0 aliphatic rings. The second-order valence-corrected chi connectivity index (χ2v) is 10.2. The van der Waals surface area contributed by atoms with Crippen molar-refractivity contribution in [1.29, 1.82) is 0 Å². The summed E-state index contributed by atoms with van der Waals surface area (Å²) in [6.07, 6.45) is 37.5. The smallest absolute Gasteiger partial charge is 0.220 e. The van der Waals surface area contributed by atoms with Crippen LogP contribution in [0.25, 0.3) is 0 Å². The minimum absolute atomic E-state index is 0.0942. The first-order valence-corrected chi connectivity index (χ1v) is 15.4. The average molecular weight is 518 g/mol. The number of unbranched alkanes of at least 4 members (excludes halogenated alkanes) is 13. The van der Waals surface area contributed by atoms with E-state index >= 15 is 0 Å². The Morgan fingerprint density at radius 2 is 1.16 bits per heavy atom. The Hall–Kier alpha value is -1.65. The summed E-state index contributed by atoms with van der Waals surface area (Å²) < 4.78 is 0. The van der Waals surface area contributed by atoms with Crippen LogP contribution in [0, 0.1) is 0 Å². The third-order valence-corrected chi connectivity index (χ3v) is 6.53. The molecule has 0 fully saturated rings. The van der Waals surface area contributed by atoms with E-state index in [2.05, 4.69) is 55.6 Å².